The van der Waals surface area contributed by atoms with Gasteiger partial charge in [0.2, 0.25) is 0 Å². The van der Waals surface area contributed by atoms with Crippen LogP contribution in [-0.2, 0) is 19.0 Å². The van der Waals surface area contributed by atoms with Crippen LogP contribution in [0.2, 0.25) is 0 Å². The van der Waals surface area contributed by atoms with Crippen molar-refractivity contribution in [3.8, 4) is 22.6 Å². The largest absolute Gasteiger partial charge is 0.491 e. The summed E-state index contributed by atoms with van der Waals surface area (Å²) in [4.78, 5) is 25.7. The Morgan fingerprint density at radius 1 is 0.543 bits per heavy atom. The van der Waals surface area contributed by atoms with Crippen LogP contribution in [-0.4, -0.2) is 58.5 Å². The molecule has 5 aromatic rings. The number of methoxy groups -OCH3 is 1. The maximum Gasteiger partial charge on any atom is 0.311 e. The maximum atomic E-state index is 13.2. The summed E-state index contributed by atoms with van der Waals surface area (Å²) in [7, 11) is 1.64. The van der Waals surface area contributed by atoms with Crippen LogP contribution >= 0.6 is 0 Å². The number of ether oxygens (including phenoxy) is 5. The Hall–Kier alpha value is -4.56. The minimum atomic E-state index is -0.340. The van der Waals surface area contributed by atoms with Crippen LogP contribution in [0, 0.1) is 0 Å². The molecule has 5 aromatic carbocycles. The number of carbonyl (C=O) groups is 2. The molecule has 0 fully saturated rings. The third-order valence-electron chi connectivity index (χ3n) is 7.67. The number of benzene rings is 5. The normalized spacial score (nSPS) is 11.2. The monoisotopic (exact) mass is 620 g/mol. The minimum absolute atomic E-state index is 0.0788. The summed E-state index contributed by atoms with van der Waals surface area (Å²) < 4.78 is 28.6. The summed E-state index contributed by atoms with van der Waals surface area (Å²) >= 11 is 0. The van der Waals surface area contributed by atoms with Gasteiger partial charge in [0.05, 0.1) is 33.0 Å². The molecule has 0 unspecified atom stereocenters. The molecule has 0 spiro atoms. The summed E-state index contributed by atoms with van der Waals surface area (Å²) in [5.74, 6) is 0.879. The molecule has 0 saturated carbocycles. The first-order valence-electron chi connectivity index (χ1n) is 15.8. The fraction of sp³-hybridized carbons (Fsp3) is 0.282. The third kappa shape index (κ3) is 8.79. The Bertz CT molecular complexity index is 1730. The van der Waals surface area contributed by atoms with E-state index in [2.05, 4.69) is 12.1 Å². The Morgan fingerprint density at radius 2 is 1.09 bits per heavy atom. The lowest BCUT2D eigenvalue weighted by Crippen LogP contribution is -2.13. The number of rotatable bonds is 18. The number of fused-ring (bicyclic) bond motifs is 2. The first-order chi connectivity index (χ1) is 22.7. The summed E-state index contributed by atoms with van der Waals surface area (Å²) in [6.07, 6.45) is 1.76. The minimum Gasteiger partial charge on any atom is -0.491 e. The van der Waals surface area contributed by atoms with Crippen molar-refractivity contribution in [2.24, 2.45) is 0 Å². The fourth-order valence-electron chi connectivity index (χ4n) is 5.40. The van der Waals surface area contributed by atoms with E-state index < -0.39 is 0 Å². The number of hydrogen-bond donors (Lipinski definition) is 0. The number of ketones is 1. The van der Waals surface area contributed by atoms with Gasteiger partial charge in [-0.1, -0.05) is 91.0 Å². The second-order valence-corrected chi connectivity index (χ2v) is 10.9. The number of carbonyl (C=O) groups excluding carboxylic acids is 2. The van der Waals surface area contributed by atoms with E-state index in [0.29, 0.717) is 76.0 Å². The molecule has 238 valence electrons. The van der Waals surface area contributed by atoms with Crippen molar-refractivity contribution < 1.29 is 33.3 Å². The van der Waals surface area contributed by atoms with Crippen molar-refractivity contribution in [1.82, 2.24) is 0 Å². The van der Waals surface area contributed by atoms with E-state index in [4.69, 9.17) is 23.7 Å². The number of hydrogen-bond acceptors (Lipinski definition) is 7. The molecular formula is C39H40O7. The van der Waals surface area contributed by atoms with Crippen LogP contribution < -0.4 is 9.47 Å². The van der Waals surface area contributed by atoms with Crippen LogP contribution in [0.4, 0.5) is 0 Å². The molecular weight excluding hydrogens is 580 g/mol. The van der Waals surface area contributed by atoms with Gasteiger partial charge in [0.1, 0.15) is 18.1 Å². The predicted molar refractivity (Wildman–Crippen MR) is 181 cm³/mol. The zero-order valence-electron chi connectivity index (χ0n) is 26.2. The Kier molecular flexibility index (Phi) is 12.3. The molecule has 0 aromatic heterocycles. The second-order valence-electron chi connectivity index (χ2n) is 10.9. The molecule has 0 saturated heterocycles. The number of unbranched alkanes of at least 4 members (excludes halogenated alkanes) is 1. The van der Waals surface area contributed by atoms with E-state index >= 15 is 0 Å². The molecule has 0 aliphatic heterocycles. The maximum absolute atomic E-state index is 13.2. The highest BCUT2D eigenvalue weighted by Crippen LogP contribution is 2.45. The van der Waals surface area contributed by atoms with E-state index in [9.17, 15) is 9.59 Å². The van der Waals surface area contributed by atoms with Crippen molar-refractivity contribution in [3.05, 3.63) is 109 Å². The first-order valence-corrected chi connectivity index (χ1v) is 15.8. The van der Waals surface area contributed by atoms with E-state index in [1.165, 1.54) is 0 Å². The SMILES string of the molecule is COCCOCCOCCOc1ccc2ccccc2c1-c1c(OC(=O)CCCCC(=O)c2ccccc2)ccc2ccccc12. The van der Waals surface area contributed by atoms with Gasteiger partial charge < -0.3 is 23.7 Å². The van der Waals surface area contributed by atoms with Crippen LogP contribution in [0.25, 0.3) is 32.7 Å². The smallest absolute Gasteiger partial charge is 0.311 e. The van der Waals surface area contributed by atoms with Gasteiger partial charge in [-0.25, -0.2) is 0 Å². The number of Topliss-reactive ketones (excluding diaryl/α,β-unsaturated/α-hetero) is 1. The molecule has 7 nitrogen and oxygen atoms in total. The van der Waals surface area contributed by atoms with Crippen LogP contribution in [0.15, 0.2) is 103 Å². The topological polar surface area (TPSA) is 80.3 Å². The van der Waals surface area contributed by atoms with Gasteiger partial charge in [0.25, 0.3) is 0 Å². The molecule has 0 bridgehead atoms. The second kappa shape index (κ2) is 17.2. The Labute approximate surface area is 270 Å². The molecule has 0 N–H and O–H groups in total. The first kappa shape index (κ1) is 32.8. The van der Waals surface area contributed by atoms with Crippen molar-refractivity contribution >= 4 is 33.3 Å². The van der Waals surface area contributed by atoms with Gasteiger partial charge in [-0.3, -0.25) is 9.59 Å². The fourth-order valence-corrected chi connectivity index (χ4v) is 5.40. The highest BCUT2D eigenvalue weighted by molar-refractivity contribution is 6.10. The lowest BCUT2D eigenvalue weighted by molar-refractivity contribution is -0.134. The van der Waals surface area contributed by atoms with E-state index in [1.54, 1.807) is 7.11 Å². The van der Waals surface area contributed by atoms with Crippen LogP contribution in [0.5, 0.6) is 11.5 Å². The van der Waals surface area contributed by atoms with Crippen molar-refractivity contribution in [2.75, 3.05) is 46.8 Å². The number of esters is 1. The highest BCUT2D eigenvalue weighted by atomic mass is 16.6. The van der Waals surface area contributed by atoms with Gasteiger partial charge >= 0.3 is 5.97 Å². The third-order valence-corrected chi connectivity index (χ3v) is 7.67. The van der Waals surface area contributed by atoms with Gasteiger partial charge in [-0.2, -0.15) is 0 Å². The predicted octanol–water partition coefficient (Wildman–Crippen LogP) is 8.07. The molecule has 5 rings (SSSR count). The van der Waals surface area contributed by atoms with Crippen molar-refractivity contribution in [2.45, 2.75) is 25.7 Å². The summed E-state index contributed by atoms with van der Waals surface area (Å²) in [5, 5.41) is 4.00. The molecule has 46 heavy (non-hydrogen) atoms. The standard InChI is InChI=1S/C39H40O7/c1-42-23-24-43-25-26-44-27-28-45-35-21-19-29-11-5-7-15-32(29)38(35)39-33-16-8-6-12-30(33)20-22-36(39)46-37(41)18-10-9-17-34(40)31-13-3-2-4-14-31/h2-8,11-16,19-22H,9-10,17-18,23-28H2,1H3. The van der Waals surface area contributed by atoms with Gasteiger partial charge in [0.15, 0.2) is 5.78 Å². The van der Waals surface area contributed by atoms with Crippen molar-refractivity contribution in [1.29, 1.82) is 0 Å². The van der Waals surface area contributed by atoms with E-state index in [-0.39, 0.29) is 18.2 Å². The summed E-state index contributed by atoms with van der Waals surface area (Å²) in [6.45, 7) is 2.76. The molecule has 0 amide bonds. The lowest BCUT2D eigenvalue weighted by Gasteiger charge is -2.19. The zero-order valence-corrected chi connectivity index (χ0v) is 26.2. The van der Waals surface area contributed by atoms with Gasteiger partial charge in [0, 0.05) is 36.6 Å². The summed E-state index contributed by atoms with van der Waals surface area (Å²) in [5.41, 5.74) is 2.34. The van der Waals surface area contributed by atoms with Crippen LogP contribution in [0.1, 0.15) is 36.0 Å². The average molecular weight is 621 g/mol. The zero-order chi connectivity index (χ0) is 32.0. The molecule has 0 heterocycles. The highest BCUT2D eigenvalue weighted by Gasteiger charge is 2.21. The van der Waals surface area contributed by atoms with Gasteiger partial charge in [-0.15, -0.1) is 0 Å². The lowest BCUT2D eigenvalue weighted by atomic mass is 9.92. The molecule has 0 atom stereocenters. The molecule has 0 aliphatic rings. The molecule has 0 radical (unpaired) electrons. The van der Waals surface area contributed by atoms with Crippen molar-refractivity contribution in [3.63, 3.8) is 0 Å². The molecule has 0 aliphatic carbocycles. The van der Waals surface area contributed by atoms with E-state index in [1.807, 2.05) is 91.0 Å². The van der Waals surface area contributed by atoms with Crippen LogP contribution in [0.3, 0.4) is 0 Å². The van der Waals surface area contributed by atoms with E-state index in [0.717, 1.165) is 32.7 Å². The van der Waals surface area contributed by atoms with Gasteiger partial charge in [-0.05, 0) is 46.5 Å². The Balaban J connectivity index is 1.34. The summed E-state index contributed by atoms with van der Waals surface area (Å²) in [6, 6.07) is 33.2. The molecule has 7 heteroatoms. The average Bonchev–Trinajstić information content (AvgIpc) is 3.09. The quantitative estimate of drug-likeness (QED) is 0.0424. The Morgan fingerprint density at radius 3 is 1.76 bits per heavy atom.